The molecular formula is C19H31N. The maximum atomic E-state index is 3.73. The van der Waals surface area contributed by atoms with E-state index in [0.717, 1.165) is 30.3 Å². The normalized spacial score (nSPS) is 26.9. The van der Waals surface area contributed by atoms with Gasteiger partial charge in [-0.25, -0.2) is 0 Å². The fourth-order valence-electron chi connectivity index (χ4n) is 3.69. The molecule has 1 aliphatic rings. The van der Waals surface area contributed by atoms with Gasteiger partial charge in [0.05, 0.1) is 0 Å². The first-order chi connectivity index (χ1) is 9.70. The smallest absolute Gasteiger partial charge is 0.00956 e. The van der Waals surface area contributed by atoms with Crippen molar-refractivity contribution in [3.8, 4) is 0 Å². The summed E-state index contributed by atoms with van der Waals surface area (Å²) in [6.07, 6.45) is 6.82. The topological polar surface area (TPSA) is 12.0 Å². The minimum Gasteiger partial charge on any atom is -0.314 e. The molecule has 1 aromatic rings. The number of hydrogen-bond acceptors (Lipinski definition) is 1. The van der Waals surface area contributed by atoms with Gasteiger partial charge in [0.1, 0.15) is 0 Å². The molecule has 20 heavy (non-hydrogen) atoms. The van der Waals surface area contributed by atoms with Crippen molar-refractivity contribution in [2.45, 2.75) is 64.8 Å². The summed E-state index contributed by atoms with van der Waals surface area (Å²) in [4.78, 5) is 0. The lowest BCUT2D eigenvalue weighted by Gasteiger charge is -2.37. The average Bonchev–Trinajstić information content (AvgIpc) is 2.47. The zero-order valence-electron chi connectivity index (χ0n) is 13.4. The maximum Gasteiger partial charge on any atom is 0.00956 e. The molecule has 0 saturated heterocycles. The predicted octanol–water partition coefficient (Wildman–Crippen LogP) is 4.98. The summed E-state index contributed by atoms with van der Waals surface area (Å²) in [5.41, 5.74) is 1.55. The second-order valence-corrected chi connectivity index (χ2v) is 6.82. The van der Waals surface area contributed by atoms with Gasteiger partial charge in [-0.05, 0) is 55.5 Å². The van der Waals surface area contributed by atoms with E-state index in [1.807, 2.05) is 0 Å². The van der Waals surface area contributed by atoms with Gasteiger partial charge in [-0.2, -0.15) is 0 Å². The molecule has 0 bridgehead atoms. The van der Waals surface area contributed by atoms with Crippen LogP contribution >= 0.6 is 0 Å². The van der Waals surface area contributed by atoms with Gasteiger partial charge in [-0.1, -0.05) is 57.5 Å². The second-order valence-electron chi connectivity index (χ2n) is 6.82. The monoisotopic (exact) mass is 273 g/mol. The van der Waals surface area contributed by atoms with Gasteiger partial charge in [-0.3, -0.25) is 0 Å². The van der Waals surface area contributed by atoms with E-state index in [-0.39, 0.29) is 0 Å². The number of nitrogens with one attached hydrogen (secondary N) is 1. The summed E-state index contributed by atoms with van der Waals surface area (Å²) in [6.45, 7) is 8.04. The lowest BCUT2D eigenvalue weighted by Crippen LogP contribution is -2.40. The third-order valence-corrected chi connectivity index (χ3v) is 4.83. The Balaban J connectivity index is 1.99. The molecule has 1 nitrogen and oxygen atoms in total. The maximum absolute atomic E-state index is 3.73. The molecule has 0 amide bonds. The Hall–Kier alpha value is -0.820. The van der Waals surface area contributed by atoms with Crippen LogP contribution in [0.2, 0.25) is 0 Å². The molecule has 0 radical (unpaired) electrons. The molecule has 1 aliphatic carbocycles. The van der Waals surface area contributed by atoms with E-state index in [4.69, 9.17) is 0 Å². The third-order valence-electron chi connectivity index (χ3n) is 4.83. The average molecular weight is 273 g/mol. The van der Waals surface area contributed by atoms with Crippen molar-refractivity contribution in [3.63, 3.8) is 0 Å². The summed E-state index contributed by atoms with van der Waals surface area (Å²) in [5.74, 6) is 2.47. The van der Waals surface area contributed by atoms with Crippen LogP contribution in [0.15, 0.2) is 30.3 Å². The summed E-state index contributed by atoms with van der Waals surface area (Å²) >= 11 is 0. The number of rotatable bonds is 6. The van der Waals surface area contributed by atoms with Gasteiger partial charge in [0.15, 0.2) is 0 Å². The Morgan fingerprint density at radius 2 is 1.90 bits per heavy atom. The summed E-state index contributed by atoms with van der Waals surface area (Å²) in [6, 6.07) is 11.9. The molecule has 112 valence electrons. The van der Waals surface area contributed by atoms with Crippen LogP contribution in [0.4, 0.5) is 0 Å². The van der Waals surface area contributed by atoms with Crippen molar-refractivity contribution in [2.75, 3.05) is 6.54 Å². The molecule has 3 atom stereocenters. The summed E-state index contributed by atoms with van der Waals surface area (Å²) in [5, 5.41) is 3.73. The van der Waals surface area contributed by atoms with Crippen molar-refractivity contribution in [2.24, 2.45) is 11.8 Å². The Labute approximate surface area is 125 Å². The highest BCUT2D eigenvalue weighted by molar-refractivity contribution is 5.20. The van der Waals surface area contributed by atoms with E-state index in [1.54, 1.807) is 5.56 Å². The van der Waals surface area contributed by atoms with Gasteiger partial charge >= 0.3 is 0 Å². The fourth-order valence-corrected chi connectivity index (χ4v) is 3.69. The molecule has 2 rings (SSSR count). The van der Waals surface area contributed by atoms with Crippen LogP contribution in [0, 0.1) is 11.8 Å². The Kier molecular flexibility index (Phi) is 6.09. The van der Waals surface area contributed by atoms with Crippen LogP contribution < -0.4 is 5.32 Å². The van der Waals surface area contributed by atoms with Crippen LogP contribution in [0.1, 0.15) is 64.4 Å². The van der Waals surface area contributed by atoms with Gasteiger partial charge in [-0.15, -0.1) is 0 Å². The minimum atomic E-state index is 0.749. The fraction of sp³-hybridized carbons (Fsp3) is 0.684. The van der Waals surface area contributed by atoms with E-state index < -0.39 is 0 Å². The molecule has 0 heterocycles. The second kappa shape index (κ2) is 7.83. The highest BCUT2D eigenvalue weighted by Gasteiger charge is 2.30. The van der Waals surface area contributed by atoms with Crippen molar-refractivity contribution < 1.29 is 0 Å². The van der Waals surface area contributed by atoms with Gasteiger partial charge < -0.3 is 5.32 Å². The van der Waals surface area contributed by atoms with E-state index in [0.29, 0.717) is 0 Å². The molecule has 1 fully saturated rings. The first-order valence-electron chi connectivity index (χ1n) is 8.49. The van der Waals surface area contributed by atoms with E-state index in [1.165, 1.54) is 32.1 Å². The van der Waals surface area contributed by atoms with E-state index >= 15 is 0 Å². The zero-order valence-corrected chi connectivity index (χ0v) is 13.4. The highest BCUT2D eigenvalue weighted by Crippen LogP contribution is 2.38. The van der Waals surface area contributed by atoms with E-state index in [2.05, 4.69) is 56.4 Å². The summed E-state index contributed by atoms with van der Waals surface area (Å²) < 4.78 is 0. The van der Waals surface area contributed by atoms with Crippen molar-refractivity contribution in [1.82, 2.24) is 5.32 Å². The largest absolute Gasteiger partial charge is 0.314 e. The van der Waals surface area contributed by atoms with Gasteiger partial charge in [0.2, 0.25) is 0 Å². The molecule has 0 aliphatic heterocycles. The highest BCUT2D eigenvalue weighted by atomic mass is 14.9. The third kappa shape index (κ3) is 4.34. The standard InChI is InChI=1S/C19H31N/c1-4-20-19-13-12-17(16-8-6-5-7-9-16)14-18(19)11-10-15(2)3/h5-9,15,17-20H,4,10-14H2,1-3H3. The van der Waals surface area contributed by atoms with E-state index in [9.17, 15) is 0 Å². The SMILES string of the molecule is CCNC1CCC(c2ccccc2)CC1CCC(C)C. The Bertz CT molecular complexity index is 371. The molecule has 1 saturated carbocycles. The van der Waals surface area contributed by atoms with Crippen molar-refractivity contribution in [1.29, 1.82) is 0 Å². The molecule has 3 unspecified atom stereocenters. The molecule has 1 heteroatoms. The van der Waals surface area contributed by atoms with Crippen molar-refractivity contribution in [3.05, 3.63) is 35.9 Å². The van der Waals surface area contributed by atoms with Crippen LogP contribution in [0.25, 0.3) is 0 Å². The quantitative estimate of drug-likeness (QED) is 0.770. The first kappa shape index (κ1) is 15.6. The van der Waals surface area contributed by atoms with Crippen molar-refractivity contribution >= 4 is 0 Å². The molecule has 1 aromatic carbocycles. The number of benzene rings is 1. The van der Waals surface area contributed by atoms with Gasteiger partial charge in [0.25, 0.3) is 0 Å². The molecule has 1 N–H and O–H groups in total. The molecular weight excluding hydrogens is 242 g/mol. The number of hydrogen-bond donors (Lipinski definition) is 1. The van der Waals surface area contributed by atoms with Gasteiger partial charge in [0, 0.05) is 6.04 Å². The predicted molar refractivity (Wildman–Crippen MR) is 88.1 cm³/mol. The summed E-state index contributed by atoms with van der Waals surface area (Å²) in [7, 11) is 0. The van der Waals surface area contributed by atoms with Crippen LogP contribution in [-0.4, -0.2) is 12.6 Å². The minimum absolute atomic E-state index is 0.749. The lowest BCUT2D eigenvalue weighted by molar-refractivity contribution is 0.220. The molecule has 0 spiro atoms. The Morgan fingerprint density at radius 3 is 2.55 bits per heavy atom. The first-order valence-corrected chi connectivity index (χ1v) is 8.49. The van der Waals surface area contributed by atoms with Crippen LogP contribution in [0.3, 0.4) is 0 Å². The lowest BCUT2D eigenvalue weighted by atomic mass is 9.73. The van der Waals surface area contributed by atoms with Crippen LogP contribution in [-0.2, 0) is 0 Å². The Morgan fingerprint density at radius 1 is 1.15 bits per heavy atom. The zero-order chi connectivity index (χ0) is 14.4. The van der Waals surface area contributed by atoms with Crippen LogP contribution in [0.5, 0.6) is 0 Å². The molecule has 0 aromatic heterocycles.